The van der Waals surface area contributed by atoms with Crippen LogP contribution in [0.1, 0.15) is 5.56 Å². The second kappa shape index (κ2) is 9.08. The third-order valence-corrected chi connectivity index (χ3v) is 9.14. The lowest BCUT2D eigenvalue weighted by molar-refractivity contribution is -0.00000511. The molecule has 1 nitrogen and oxygen atoms in total. The van der Waals surface area contributed by atoms with E-state index in [0.29, 0.717) is 0 Å². The Morgan fingerprint density at radius 2 is 0.889 bits per heavy atom. The van der Waals surface area contributed by atoms with Crippen molar-refractivity contribution in [3.63, 3.8) is 0 Å². The lowest BCUT2D eigenvalue weighted by Crippen LogP contribution is -3.00. The number of benzene rings is 3. The van der Waals surface area contributed by atoms with Gasteiger partial charge in [0.1, 0.15) is 23.2 Å². The van der Waals surface area contributed by atoms with E-state index in [1.165, 1.54) is 21.5 Å². The van der Waals surface area contributed by atoms with Gasteiger partial charge in [0, 0.05) is 12.4 Å². The van der Waals surface area contributed by atoms with Gasteiger partial charge in [0.15, 0.2) is 0 Å². The smallest absolute Gasteiger partial charge is 0.116 e. The van der Waals surface area contributed by atoms with Crippen molar-refractivity contribution in [1.82, 2.24) is 4.98 Å². The minimum absolute atomic E-state index is 0. The lowest BCUT2D eigenvalue weighted by atomic mass is 10.3. The summed E-state index contributed by atoms with van der Waals surface area (Å²) in [6.07, 6.45) is 4.78. The molecule has 0 saturated carbocycles. The summed E-state index contributed by atoms with van der Waals surface area (Å²) in [5.41, 5.74) is 1.32. The molecule has 3 aromatic carbocycles. The topological polar surface area (TPSA) is 12.9 Å². The second-order valence-electron chi connectivity index (χ2n) is 6.33. The minimum Gasteiger partial charge on any atom is -1.00 e. The number of rotatable bonds is 5. The largest absolute Gasteiger partial charge is 1.00 e. The molecule has 1 heterocycles. The molecule has 0 N–H and O–H groups in total. The Balaban J connectivity index is 0.00000210. The summed E-state index contributed by atoms with van der Waals surface area (Å²) in [6, 6.07) is 37.2. The van der Waals surface area contributed by atoms with E-state index in [-0.39, 0.29) is 17.0 Å². The molecule has 0 radical (unpaired) electrons. The quantitative estimate of drug-likeness (QED) is 0.435. The van der Waals surface area contributed by atoms with Gasteiger partial charge in [-0.15, -0.1) is 0 Å². The van der Waals surface area contributed by atoms with Crippen LogP contribution in [0.15, 0.2) is 116 Å². The summed E-state index contributed by atoms with van der Waals surface area (Å²) in [4.78, 5) is 4.21. The monoisotopic (exact) mass is 433 g/mol. The first-order chi connectivity index (χ1) is 12.9. The highest BCUT2D eigenvalue weighted by atomic mass is 79.9. The van der Waals surface area contributed by atoms with Gasteiger partial charge in [-0.3, -0.25) is 4.98 Å². The van der Waals surface area contributed by atoms with E-state index < -0.39 is 7.26 Å². The molecular weight excluding hydrogens is 413 g/mol. The van der Waals surface area contributed by atoms with Crippen molar-refractivity contribution in [3.05, 3.63) is 121 Å². The molecule has 134 valence electrons. The van der Waals surface area contributed by atoms with Gasteiger partial charge in [0.05, 0.1) is 6.16 Å². The summed E-state index contributed by atoms with van der Waals surface area (Å²) < 4.78 is 0. The first-order valence-electron chi connectivity index (χ1n) is 8.83. The fourth-order valence-electron chi connectivity index (χ4n) is 3.53. The maximum Gasteiger partial charge on any atom is 0.116 e. The average molecular weight is 434 g/mol. The van der Waals surface area contributed by atoms with Crippen LogP contribution in [0.25, 0.3) is 0 Å². The molecule has 3 heteroatoms. The number of hydrogen-bond acceptors (Lipinski definition) is 1. The molecule has 0 amide bonds. The molecule has 0 aliphatic heterocycles. The molecule has 0 fully saturated rings. The molecule has 0 aliphatic carbocycles. The first-order valence-corrected chi connectivity index (χ1v) is 10.8. The van der Waals surface area contributed by atoms with Gasteiger partial charge >= 0.3 is 0 Å². The zero-order chi connectivity index (χ0) is 17.7. The zero-order valence-electron chi connectivity index (χ0n) is 14.9. The molecule has 0 saturated heterocycles. The summed E-state index contributed by atoms with van der Waals surface area (Å²) in [5, 5.41) is 4.23. The van der Waals surface area contributed by atoms with Gasteiger partial charge < -0.3 is 17.0 Å². The Morgan fingerprint density at radius 1 is 0.519 bits per heavy atom. The Morgan fingerprint density at radius 3 is 1.26 bits per heavy atom. The van der Waals surface area contributed by atoms with Crippen LogP contribution in [0.2, 0.25) is 0 Å². The van der Waals surface area contributed by atoms with Crippen LogP contribution in [0.3, 0.4) is 0 Å². The van der Waals surface area contributed by atoms with Crippen LogP contribution >= 0.6 is 7.26 Å². The Bertz CT molecular complexity index is 848. The first kappa shape index (κ1) is 19.5. The third kappa shape index (κ3) is 4.03. The predicted octanol–water partition coefficient (Wildman–Crippen LogP) is 1.58. The van der Waals surface area contributed by atoms with E-state index >= 15 is 0 Å². The Kier molecular flexibility index (Phi) is 6.55. The Hall–Kier alpha value is -2.28. The van der Waals surface area contributed by atoms with Crippen LogP contribution in [-0.2, 0) is 6.16 Å². The van der Waals surface area contributed by atoms with Crippen molar-refractivity contribution >= 4 is 23.2 Å². The Labute approximate surface area is 172 Å². The number of pyridine rings is 1. The lowest BCUT2D eigenvalue weighted by Gasteiger charge is -2.27. The average Bonchev–Trinajstić information content (AvgIpc) is 2.75. The number of halogens is 1. The van der Waals surface area contributed by atoms with E-state index in [1.54, 1.807) is 0 Å². The van der Waals surface area contributed by atoms with E-state index in [9.17, 15) is 0 Å². The molecular formula is C24H21BrNP. The van der Waals surface area contributed by atoms with Crippen LogP contribution in [-0.4, -0.2) is 4.98 Å². The van der Waals surface area contributed by atoms with Crippen molar-refractivity contribution in [2.45, 2.75) is 6.16 Å². The van der Waals surface area contributed by atoms with Crippen molar-refractivity contribution < 1.29 is 17.0 Å². The SMILES string of the molecule is [Br-].c1ccc([P+](Cc2ccncc2)(c2ccccc2)c2ccccc2)cc1. The van der Waals surface area contributed by atoms with Crippen molar-refractivity contribution in [2.75, 3.05) is 0 Å². The molecule has 0 spiro atoms. The third-order valence-electron chi connectivity index (χ3n) is 4.76. The maximum atomic E-state index is 4.21. The highest BCUT2D eigenvalue weighted by Crippen LogP contribution is 2.57. The van der Waals surface area contributed by atoms with Gasteiger partial charge in [-0.2, -0.15) is 0 Å². The standard InChI is InChI=1S/C24H21NP.BrH/c1-4-10-22(11-5-1)26(23-12-6-2-7-13-23,24-14-8-3-9-15-24)20-21-16-18-25-19-17-21;/h1-19H,20H2;1H/q+1;/p-1. The summed E-state index contributed by atoms with van der Waals surface area (Å²) >= 11 is 0. The molecule has 0 atom stereocenters. The number of nitrogens with zero attached hydrogens (tertiary/aromatic N) is 1. The summed E-state index contributed by atoms with van der Waals surface area (Å²) in [5.74, 6) is 0. The highest BCUT2D eigenvalue weighted by Gasteiger charge is 2.45. The number of aromatic nitrogens is 1. The number of hydrogen-bond donors (Lipinski definition) is 0. The van der Waals surface area contributed by atoms with Gasteiger partial charge in [-0.1, -0.05) is 54.6 Å². The van der Waals surface area contributed by atoms with Crippen molar-refractivity contribution in [1.29, 1.82) is 0 Å². The van der Waals surface area contributed by atoms with Gasteiger partial charge in [0.25, 0.3) is 0 Å². The van der Waals surface area contributed by atoms with Gasteiger partial charge in [0.2, 0.25) is 0 Å². The van der Waals surface area contributed by atoms with Gasteiger partial charge in [-0.05, 0) is 54.1 Å². The summed E-state index contributed by atoms with van der Waals surface area (Å²) in [6.45, 7) is 0. The molecule has 0 unspecified atom stereocenters. The fraction of sp³-hybridized carbons (Fsp3) is 0.0417. The molecule has 4 rings (SSSR count). The highest BCUT2D eigenvalue weighted by molar-refractivity contribution is 7.95. The van der Waals surface area contributed by atoms with E-state index in [2.05, 4.69) is 108 Å². The van der Waals surface area contributed by atoms with E-state index in [0.717, 1.165) is 6.16 Å². The zero-order valence-corrected chi connectivity index (χ0v) is 17.4. The fourth-order valence-corrected chi connectivity index (χ4v) is 7.77. The molecule has 27 heavy (non-hydrogen) atoms. The molecule has 0 aliphatic rings. The minimum atomic E-state index is -1.80. The van der Waals surface area contributed by atoms with E-state index in [4.69, 9.17) is 0 Å². The van der Waals surface area contributed by atoms with Crippen molar-refractivity contribution in [2.24, 2.45) is 0 Å². The van der Waals surface area contributed by atoms with Crippen LogP contribution < -0.4 is 32.9 Å². The van der Waals surface area contributed by atoms with E-state index in [1.807, 2.05) is 12.4 Å². The molecule has 1 aromatic heterocycles. The predicted molar refractivity (Wildman–Crippen MR) is 113 cm³/mol. The molecule has 0 bridgehead atoms. The molecule has 4 aromatic rings. The van der Waals surface area contributed by atoms with Gasteiger partial charge in [-0.25, -0.2) is 0 Å². The normalized spacial score (nSPS) is 10.8. The van der Waals surface area contributed by atoms with Crippen LogP contribution in [0.5, 0.6) is 0 Å². The second-order valence-corrected chi connectivity index (χ2v) is 9.81. The van der Waals surface area contributed by atoms with Crippen molar-refractivity contribution in [3.8, 4) is 0 Å². The van der Waals surface area contributed by atoms with Crippen LogP contribution in [0, 0.1) is 0 Å². The van der Waals surface area contributed by atoms with Crippen LogP contribution in [0.4, 0.5) is 0 Å². The maximum absolute atomic E-state index is 4.21. The summed E-state index contributed by atoms with van der Waals surface area (Å²) in [7, 11) is -1.80.